The summed E-state index contributed by atoms with van der Waals surface area (Å²) in [5.41, 5.74) is 2.34. The van der Waals surface area contributed by atoms with E-state index in [1.807, 2.05) is 18.2 Å². The lowest BCUT2D eigenvalue weighted by Gasteiger charge is -2.31. The van der Waals surface area contributed by atoms with Crippen molar-refractivity contribution in [1.82, 2.24) is 4.90 Å². The summed E-state index contributed by atoms with van der Waals surface area (Å²) in [4.78, 5) is 26.2. The third-order valence-electron chi connectivity index (χ3n) is 4.72. The van der Waals surface area contributed by atoms with E-state index in [-0.39, 0.29) is 30.2 Å². The molecule has 3 rings (SSSR count). The maximum Gasteiger partial charge on any atom is 0.248 e. The van der Waals surface area contributed by atoms with Crippen molar-refractivity contribution in [2.45, 2.75) is 12.8 Å². The van der Waals surface area contributed by atoms with Gasteiger partial charge in [0.15, 0.2) is 0 Å². The minimum absolute atomic E-state index is 0.0376. The predicted octanol–water partition coefficient (Wildman–Crippen LogP) is 3.32. The first kappa shape index (κ1) is 19.0. The first-order valence-corrected chi connectivity index (χ1v) is 9.00. The maximum absolute atomic E-state index is 13.4. The average molecular weight is 370 g/mol. The molecular formula is C21H23FN2O3. The molecule has 0 bridgehead atoms. The Balaban J connectivity index is 1.61. The van der Waals surface area contributed by atoms with Gasteiger partial charge in [0.1, 0.15) is 12.4 Å². The second-order valence-corrected chi connectivity index (χ2v) is 6.69. The number of carbonyl (C=O) groups excluding carboxylic acids is 2. The summed E-state index contributed by atoms with van der Waals surface area (Å²) in [7, 11) is 1.49. The van der Waals surface area contributed by atoms with Gasteiger partial charge in [-0.05, 0) is 48.2 Å². The summed E-state index contributed by atoms with van der Waals surface area (Å²) in [6, 6.07) is 13.7. The van der Waals surface area contributed by atoms with Crippen molar-refractivity contribution in [1.29, 1.82) is 0 Å². The van der Waals surface area contributed by atoms with Crippen molar-refractivity contribution in [3.63, 3.8) is 0 Å². The standard InChI is InChI=1S/C21H23FN2O3/c1-27-14-20(25)24-11-3-5-17(13-24)21(26)23-19-9-7-15(8-10-19)16-4-2-6-18(22)12-16/h2,4,6-10,12,17H,3,5,11,13-14H2,1H3,(H,23,26)/t17-/m1/s1. The molecule has 1 heterocycles. The van der Waals surface area contributed by atoms with Crippen LogP contribution in [0.4, 0.5) is 10.1 Å². The van der Waals surface area contributed by atoms with Crippen LogP contribution in [0.1, 0.15) is 12.8 Å². The topological polar surface area (TPSA) is 58.6 Å². The summed E-state index contributed by atoms with van der Waals surface area (Å²) in [6.07, 6.45) is 1.55. The second-order valence-electron chi connectivity index (χ2n) is 6.69. The molecule has 0 spiro atoms. The maximum atomic E-state index is 13.4. The monoisotopic (exact) mass is 370 g/mol. The number of likely N-dealkylation sites (tertiary alicyclic amines) is 1. The van der Waals surface area contributed by atoms with Gasteiger partial charge in [0, 0.05) is 25.9 Å². The fourth-order valence-corrected chi connectivity index (χ4v) is 3.29. The molecule has 5 nitrogen and oxygen atoms in total. The third-order valence-corrected chi connectivity index (χ3v) is 4.72. The van der Waals surface area contributed by atoms with Gasteiger partial charge in [-0.1, -0.05) is 24.3 Å². The number of hydrogen-bond acceptors (Lipinski definition) is 3. The molecule has 2 aromatic rings. The Labute approximate surface area is 158 Å². The Hall–Kier alpha value is -2.73. The number of amides is 2. The Bertz CT molecular complexity index is 807. The number of nitrogens with one attached hydrogen (secondary N) is 1. The van der Waals surface area contributed by atoms with Crippen LogP contribution in [0.15, 0.2) is 48.5 Å². The zero-order valence-electron chi connectivity index (χ0n) is 15.3. The van der Waals surface area contributed by atoms with Crippen molar-refractivity contribution in [3.8, 4) is 11.1 Å². The number of carbonyl (C=O) groups is 2. The highest BCUT2D eigenvalue weighted by molar-refractivity contribution is 5.93. The molecule has 0 aliphatic carbocycles. The van der Waals surface area contributed by atoms with Gasteiger partial charge in [0.25, 0.3) is 0 Å². The molecule has 2 aromatic carbocycles. The fourth-order valence-electron chi connectivity index (χ4n) is 3.29. The molecule has 2 amide bonds. The van der Waals surface area contributed by atoms with E-state index in [0.717, 1.165) is 24.0 Å². The Morgan fingerprint density at radius 2 is 1.96 bits per heavy atom. The fraction of sp³-hybridized carbons (Fsp3) is 0.333. The highest BCUT2D eigenvalue weighted by Gasteiger charge is 2.28. The summed E-state index contributed by atoms with van der Waals surface area (Å²) in [6.45, 7) is 1.11. The van der Waals surface area contributed by atoms with Gasteiger partial charge in [-0.2, -0.15) is 0 Å². The molecular weight excluding hydrogens is 347 g/mol. The zero-order chi connectivity index (χ0) is 19.2. The summed E-state index contributed by atoms with van der Waals surface area (Å²) in [5, 5.41) is 2.91. The molecule has 6 heteroatoms. The Morgan fingerprint density at radius 1 is 1.19 bits per heavy atom. The number of ether oxygens (including phenoxy) is 1. The van der Waals surface area contributed by atoms with E-state index in [9.17, 15) is 14.0 Å². The molecule has 1 aliphatic rings. The van der Waals surface area contributed by atoms with E-state index < -0.39 is 0 Å². The molecule has 1 N–H and O–H groups in total. The number of methoxy groups -OCH3 is 1. The van der Waals surface area contributed by atoms with Crippen LogP contribution >= 0.6 is 0 Å². The van der Waals surface area contributed by atoms with Gasteiger partial charge in [-0.25, -0.2) is 4.39 Å². The van der Waals surface area contributed by atoms with Gasteiger partial charge in [0.05, 0.1) is 5.92 Å². The van der Waals surface area contributed by atoms with Gasteiger partial charge in [-0.15, -0.1) is 0 Å². The Morgan fingerprint density at radius 3 is 2.67 bits per heavy atom. The number of anilines is 1. The van der Waals surface area contributed by atoms with E-state index in [0.29, 0.717) is 18.8 Å². The lowest BCUT2D eigenvalue weighted by Crippen LogP contribution is -2.45. The number of benzene rings is 2. The van der Waals surface area contributed by atoms with Crippen LogP contribution in [0.5, 0.6) is 0 Å². The van der Waals surface area contributed by atoms with Crippen LogP contribution in [-0.4, -0.2) is 43.5 Å². The first-order valence-electron chi connectivity index (χ1n) is 9.00. The smallest absolute Gasteiger partial charge is 0.248 e. The molecule has 0 unspecified atom stereocenters. The SMILES string of the molecule is COCC(=O)N1CCC[C@@H](C(=O)Nc2ccc(-c3cccc(F)c3)cc2)C1. The third kappa shape index (κ3) is 4.92. The summed E-state index contributed by atoms with van der Waals surface area (Å²) >= 11 is 0. The van der Waals surface area contributed by atoms with Crippen molar-refractivity contribution in [3.05, 3.63) is 54.3 Å². The zero-order valence-corrected chi connectivity index (χ0v) is 15.3. The number of nitrogens with zero attached hydrogens (tertiary/aromatic N) is 1. The highest BCUT2D eigenvalue weighted by atomic mass is 19.1. The predicted molar refractivity (Wildman–Crippen MR) is 102 cm³/mol. The lowest BCUT2D eigenvalue weighted by molar-refractivity contribution is -0.138. The minimum atomic E-state index is -0.283. The highest BCUT2D eigenvalue weighted by Crippen LogP contribution is 2.23. The van der Waals surface area contributed by atoms with Crippen LogP contribution in [-0.2, 0) is 14.3 Å². The summed E-state index contributed by atoms with van der Waals surface area (Å²) in [5.74, 6) is -0.699. The number of piperidine rings is 1. The number of halogens is 1. The van der Waals surface area contributed by atoms with E-state index in [4.69, 9.17) is 4.74 Å². The van der Waals surface area contributed by atoms with Crippen LogP contribution in [0.3, 0.4) is 0 Å². The van der Waals surface area contributed by atoms with Gasteiger partial charge >= 0.3 is 0 Å². The van der Waals surface area contributed by atoms with E-state index >= 15 is 0 Å². The van der Waals surface area contributed by atoms with Crippen LogP contribution in [0.2, 0.25) is 0 Å². The van der Waals surface area contributed by atoms with Crippen LogP contribution in [0.25, 0.3) is 11.1 Å². The van der Waals surface area contributed by atoms with Crippen molar-refractivity contribution in [2.75, 3.05) is 32.1 Å². The van der Waals surface area contributed by atoms with E-state index in [1.54, 1.807) is 23.1 Å². The molecule has 1 atom stereocenters. The first-order chi connectivity index (χ1) is 13.1. The molecule has 142 valence electrons. The average Bonchev–Trinajstić information content (AvgIpc) is 2.69. The van der Waals surface area contributed by atoms with Crippen LogP contribution in [0, 0.1) is 11.7 Å². The largest absolute Gasteiger partial charge is 0.375 e. The van der Waals surface area contributed by atoms with Gasteiger partial charge in [0.2, 0.25) is 11.8 Å². The summed E-state index contributed by atoms with van der Waals surface area (Å²) < 4.78 is 18.2. The van der Waals surface area contributed by atoms with E-state index in [1.165, 1.54) is 19.2 Å². The van der Waals surface area contributed by atoms with E-state index in [2.05, 4.69) is 5.32 Å². The lowest BCUT2D eigenvalue weighted by atomic mass is 9.97. The molecule has 1 fully saturated rings. The molecule has 27 heavy (non-hydrogen) atoms. The normalized spacial score (nSPS) is 16.8. The van der Waals surface area contributed by atoms with Crippen molar-refractivity contribution < 1.29 is 18.7 Å². The van der Waals surface area contributed by atoms with Gasteiger partial charge < -0.3 is 15.0 Å². The van der Waals surface area contributed by atoms with Gasteiger partial charge in [-0.3, -0.25) is 9.59 Å². The molecule has 1 saturated heterocycles. The molecule has 0 radical (unpaired) electrons. The van der Waals surface area contributed by atoms with Crippen molar-refractivity contribution in [2.24, 2.45) is 5.92 Å². The molecule has 0 aromatic heterocycles. The van der Waals surface area contributed by atoms with Crippen molar-refractivity contribution >= 4 is 17.5 Å². The molecule has 0 saturated carbocycles. The Kier molecular flexibility index (Phi) is 6.19. The number of hydrogen-bond donors (Lipinski definition) is 1. The van der Waals surface area contributed by atoms with Crippen LogP contribution < -0.4 is 5.32 Å². The second kappa shape index (κ2) is 8.77. The quantitative estimate of drug-likeness (QED) is 0.878. The number of rotatable bonds is 5. The molecule has 1 aliphatic heterocycles. The minimum Gasteiger partial charge on any atom is -0.375 e.